The Bertz CT molecular complexity index is 1830. The number of ketones is 1. The second-order valence-electron chi connectivity index (χ2n) is 16.2. The number of pyridine rings is 1. The molecule has 0 radical (unpaired) electrons. The second kappa shape index (κ2) is 14.8. The summed E-state index contributed by atoms with van der Waals surface area (Å²) >= 11 is 0. The summed E-state index contributed by atoms with van der Waals surface area (Å²) in [4.78, 5) is 61.7. The zero-order valence-corrected chi connectivity index (χ0v) is 32.2. The number of benzene rings is 1. The Hall–Kier alpha value is -4.00. The van der Waals surface area contributed by atoms with E-state index >= 15 is 0 Å². The van der Waals surface area contributed by atoms with Crippen LogP contribution in [0.15, 0.2) is 43.1 Å². The first-order valence-electron chi connectivity index (χ1n) is 18.1. The molecule has 13 heteroatoms. The van der Waals surface area contributed by atoms with Gasteiger partial charge < -0.3 is 24.4 Å². The summed E-state index contributed by atoms with van der Waals surface area (Å²) in [6.45, 7) is 14.9. The fourth-order valence-electron chi connectivity index (χ4n) is 7.00. The summed E-state index contributed by atoms with van der Waals surface area (Å²) in [5.74, 6) is -3.11. The number of nitrogens with zero attached hydrogens (tertiary/aromatic N) is 2. The zero-order chi connectivity index (χ0) is 38.2. The maximum atomic E-state index is 14.6. The number of Topliss-reactive ketones (excluding diaryl/α,β-unsaturated/α-hetero) is 1. The van der Waals surface area contributed by atoms with Gasteiger partial charge in [-0.25, -0.2) is 13.4 Å². The Morgan fingerprint density at radius 2 is 1.85 bits per heavy atom. The Balaban J connectivity index is 1.44. The van der Waals surface area contributed by atoms with E-state index in [4.69, 9.17) is 14.2 Å². The molecule has 1 aromatic heterocycles. The molecule has 5 atom stereocenters. The lowest BCUT2D eigenvalue weighted by molar-refractivity contribution is -0.162. The summed E-state index contributed by atoms with van der Waals surface area (Å²) < 4.78 is 43.5. The molecule has 12 nitrogen and oxygen atoms in total. The number of carbonyl (C=O) groups excluding carboxylic acids is 4. The van der Waals surface area contributed by atoms with E-state index in [9.17, 15) is 27.6 Å². The largest absolute Gasteiger partial charge is 0.497 e. The van der Waals surface area contributed by atoms with Gasteiger partial charge in [0.1, 0.15) is 34.8 Å². The van der Waals surface area contributed by atoms with E-state index in [1.807, 2.05) is 59.7 Å². The summed E-state index contributed by atoms with van der Waals surface area (Å²) in [5, 5.41) is 3.88. The fraction of sp³-hybridized carbons (Fsp3) is 0.615. The molecular weight excluding hydrogens is 687 g/mol. The molecule has 3 aliphatic rings. The monoisotopic (exact) mass is 739 g/mol. The minimum Gasteiger partial charge on any atom is -0.497 e. The number of amides is 2. The number of sulfone groups is 1. The van der Waals surface area contributed by atoms with Crippen LogP contribution in [0.5, 0.6) is 11.6 Å². The minimum atomic E-state index is -3.68. The highest BCUT2D eigenvalue weighted by molar-refractivity contribution is 7.92. The maximum Gasteiger partial charge on any atom is 0.307 e. The minimum absolute atomic E-state index is 0.00904. The molecule has 2 aromatic rings. The van der Waals surface area contributed by atoms with Crippen molar-refractivity contribution in [2.45, 2.75) is 115 Å². The molecule has 1 aromatic carbocycles. The van der Waals surface area contributed by atoms with Crippen LogP contribution in [0.2, 0.25) is 0 Å². The van der Waals surface area contributed by atoms with Crippen molar-refractivity contribution >= 4 is 44.2 Å². The summed E-state index contributed by atoms with van der Waals surface area (Å²) in [6.07, 6.45) is 5.01. The van der Waals surface area contributed by atoms with Gasteiger partial charge in [-0.2, -0.15) is 0 Å². The standard InChI is InChI=1S/C39H53N3O9S/c1-9-25-21-39(25,32(43)23-52(47,48)28-12-11-13-28)41-34(45)31-19-27(50-35-29-15-14-26(49-8)18-24(29)16-17-40-35)22-42(31)36(46)30(37(3,4)5)20-33(44)51-38(6,7)10-2/h9,14-18,25,27-28,30-31H,1,10-13,19-23H2,2-8H3,(H,41,45)/t25-,27-,30-,31+,39-/m1/s1. The van der Waals surface area contributed by atoms with Gasteiger partial charge >= 0.3 is 5.97 Å². The first kappa shape index (κ1) is 39.2. The molecule has 0 spiro atoms. The number of ether oxygens (including phenoxy) is 3. The van der Waals surface area contributed by atoms with Crippen LogP contribution < -0.4 is 14.8 Å². The number of rotatable bonds is 15. The van der Waals surface area contributed by atoms with Gasteiger partial charge in [0.25, 0.3) is 0 Å². The Morgan fingerprint density at radius 3 is 2.42 bits per heavy atom. The number of esters is 1. The van der Waals surface area contributed by atoms with Crippen LogP contribution in [-0.2, 0) is 33.8 Å². The highest BCUT2D eigenvalue weighted by atomic mass is 32.2. The van der Waals surface area contributed by atoms with E-state index in [1.54, 1.807) is 25.4 Å². The van der Waals surface area contributed by atoms with Crippen molar-refractivity contribution in [1.29, 1.82) is 0 Å². The number of likely N-dealkylation sites (tertiary alicyclic amines) is 1. The van der Waals surface area contributed by atoms with Gasteiger partial charge in [0.2, 0.25) is 17.7 Å². The zero-order valence-electron chi connectivity index (χ0n) is 31.4. The van der Waals surface area contributed by atoms with Crippen LogP contribution in [0.25, 0.3) is 10.8 Å². The quantitative estimate of drug-likeness (QED) is 0.195. The molecule has 2 aliphatic carbocycles. The van der Waals surface area contributed by atoms with Crippen LogP contribution in [0.1, 0.15) is 86.5 Å². The van der Waals surface area contributed by atoms with Crippen LogP contribution >= 0.6 is 0 Å². The van der Waals surface area contributed by atoms with Crippen LogP contribution in [0, 0.1) is 17.3 Å². The third-order valence-corrected chi connectivity index (χ3v) is 13.2. The number of carbonyl (C=O) groups is 4. The summed E-state index contributed by atoms with van der Waals surface area (Å²) in [6, 6.07) is 6.21. The SMILES string of the molecule is C=C[C@@H]1C[C@]1(NC(=O)[C@@H]1C[C@@H](Oc2nccc3cc(OC)ccc23)CN1C(=O)[C@@H](CC(=O)OC(C)(C)CC)C(C)(C)C)C(=O)CS(=O)(=O)C1CCC1. The molecule has 2 saturated carbocycles. The highest BCUT2D eigenvalue weighted by Gasteiger charge is 2.61. The average molecular weight is 740 g/mol. The third kappa shape index (κ3) is 8.29. The van der Waals surface area contributed by atoms with Gasteiger partial charge in [-0.1, -0.05) is 40.2 Å². The fourth-order valence-corrected chi connectivity index (χ4v) is 8.91. The average Bonchev–Trinajstić information content (AvgIpc) is 3.60. The Morgan fingerprint density at radius 1 is 1.13 bits per heavy atom. The first-order valence-corrected chi connectivity index (χ1v) is 19.9. The lowest BCUT2D eigenvalue weighted by Gasteiger charge is -2.35. The number of hydrogen-bond donors (Lipinski definition) is 1. The van der Waals surface area contributed by atoms with E-state index in [1.165, 1.54) is 4.90 Å². The Kier molecular flexibility index (Phi) is 11.2. The molecule has 1 saturated heterocycles. The molecule has 0 unspecified atom stereocenters. The van der Waals surface area contributed by atoms with Crippen LogP contribution in [-0.4, -0.2) is 89.8 Å². The van der Waals surface area contributed by atoms with Crippen molar-refractivity contribution < 1.29 is 41.8 Å². The smallest absolute Gasteiger partial charge is 0.307 e. The van der Waals surface area contributed by atoms with Gasteiger partial charge in [0.05, 0.1) is 31.2 Å². The van der Waals surface area contributed by atoms with Crippen molar-refractivity contribution in [2.75, 3.05) is 19.4 Å². The predicted molar refractivity (Wildman–Crippen MR) is 196 cm³/mol. The van der Waals surface area contributed by atoms with Crippen LogP contribution in [0.3, 0.4) is 0 Å². The van der Waals surface area contributed by atoms with Gasteiger partial charge in [-0.3, -0.25) is 19.2 Å². The van der Waals surface area contributed by atoms with E-state index in [0.717, 1.165) is 11.8 Å². The molecule has 284 valence electrons. The second-order valence-corrected chi connectivity index (χ2v) is 18.5. The van der Waals surface area contributed by atoms with Crippen molar-refractivity contribution in [3.05, 3.63) is 43.1 Å². The van der Waals surface area contributed by atoms with Crippen molar-refractivity contribution in [1.82, 2.24) is 15.2 Å². The molecule has 5 rings (SSSR count). The van der Waals surface area contributed by atoms with E-state index < -0.39 is 84.9 Å². The summed E-state index contributed by atoms with van der Waals surface area (Å²) in [5.41, 5.74) is -2.84. The Labute approximate surface area is 306 Å². The van der Waals surface area contributed by atoms with Crippen molar-refractivity contribution in [3.63, 3.8) is 0 Å². The van der Waals surface area contributed by atoms with Crippen LogP contribution in [0.4, 0.5) is 0 Å². The summed E-state index contributed by atoms with van der Waals surface area (Å²) in [7, 11) is -2.10. The molecule has 1 aliphatic heterocycles. The molecule has 2 amide bonds. The van der Waals surface area contributed by atoms with Gasteiger partial charge in [0.15, 0.2) is 15.6 Å². The molecule has 3 fully saturated rings. The number of aromatic nitrogens is 1. The first-order chi connectivity index (χ1) is 24.3. The molecule has 0 bridgehead atoms. The molecular formula is C39H53N3O9S. The van der Waals surface area contributed by atoms with E-state index in [0.29, 0.717) is 36.3 Å². The number of nitrogens with one attached hydrogen (secondary N) is 1. The van der Waals surface area contributed by atoms with Crippen molar-refractivity contribution in [3.8, 4) is 11.6 Å². The predicted octanol–water partition coefficient (Wildman–Crippen LogP) is 4.97. The number of fused-ring (bicyclic) bond motifs is 1. The van der Waals surface area contributed by atoms with E-state index in [-0.39, 0.29) is 25.8 Å². The number of hydrogen-bond acceptors (Lipinski definition) is 10. The van der Waals surface area contributed by atoms with Gasteiger partial charge in [-0.15, -0.1) is 6.58 Å². The maximum absolute atomic E-state index is 14.6. The van der Waals surface area contributed by atoms with Crippen molar-refractivity contribution in [2.24, 2.45) is 17.3 Å². The lowest BCUT2D eigenvalue weighted by atomic mass is 9.77. The van der Waals surface area contributed by atoms with Gasteiger partial charge in [0, 0.05) is 23.9 Å². The lowest BCUT2D eigenvalue weighted by Crippen LogP contribution is -2.55. The number of methoxy groups -OCH3 is 1. The molecule has 1 N–H and O–H groups in total. The molecule has 2 heterocycles. The van der Waals surface area contributed by atoms with E-state index in [2.05, 4.69) is 16.9 Å². The molecule has 52 heavy (non-hydrogen) atoms. The normalized spacial score (nSPS) is 24.1. The van der Waals surface area contributed by atoms with Gasteiger partial charge in [-0.05, 0) is 74.6 Å². The highest BCUT2D eigenvalue weighted by Crippen LogP contribution is 2.46. The topological polar surface area (TPSA) is 158 Å². The third-order valence-electron chi connectivity index (χ3n) is 11.1.